The molecule has 0 N–H and O–H groups in total. The number of sulfone groups is 1. The second-order valence-electron chi connectivity index (χ2n) is 3.95. The van der Waals surface area contributed by atoms with Gasteiger partial charge in [-0.2, -0.15) is 0 Å². The van der Waals surface area contributed by atoms with E-state index in [4.69, 9.17) is 23.2 Å². The molecule has 0 aliphatic rings. The molecule has 0 spiro atoms. The van der Waals surface area contributed by atoms with Crippen LogP contribution in [-0.2, 0) is 9.84 Å². The van der Waals surface area contributed by atoms with Gasteiger partial charge in [-0.05, 0) is 29.4 Å². The van der Waals surface area contributed by atoms with Gasteiger partial charge in [-0.3, -0.25) is 0 Å². The summed E-state index contributed by atoms with van der Waals surface area (Å²) in [4.78, 5) is 11.1. The summed E-state index contributed by atoms with van der Waals surface area (Å²) in [6.45, 7) is 0. The van der Waals surface area contributed by atoms with Gasteiger partial charge in [-0.1, -0.05) is 47.5 Å². The van der Waals surface area contributed by atoms with Crippen LogP contribution < -0.4 is 0 Å². The van der Waals surface area contributed by atoms with Gasteiger partial charge in [0.25, 0.3) is 0 Å². The normalized spacial score (nSPS) is 12.9. The molecule has 1 unspecified atom stereocenters. The first-order valence-corrected chi connectivity index (χ1v) is 7.84. The highest BCUT2D eigenvalue weighted by molar-refractivity contribution is 7.91. The molecule has 2 aromatic rings. The standard InChI is InChI=1S/C13H9Cl2NO3S/c14-10-7-4-8-11(15)12(10)13(16-17)20(18,19)9-5-2-1-3-6-9/h1-8,13H. The average Bonchev–Trinajstić information content (AvgIpc) is 2.43. The van der Waals surface area contributed by atoms with Crippen molar-refractivity contribution in [2.75, 3.05) is 0 Å². The lowest BCUT2D eigenvalue weighted by atomic mass is 10.2. The van der Waals surface area contributed by atoms with Gasteiger partial charge in [-0.15, -0.1) is 4.91 Å². The van der Waals surface area contributed by atoms with E-state index in [0.29, 0.717) is 0 Å². The lowest BCUT2D eigenvalue weighted by Crippen LogP contribution is -2.12. The van der Waals surface area contributed by atoms with Crippen molar-refractivity contribution in [3.05, 3.63) is 69.0 Å². The van der Waals surface area contributed by atoms with Crippen LogP contribution in [0.5, 0.6) is 0 Å². The van der Waals surface area contributed by atoms with E-state index in [-0.39, 0.29) is 20.5 Å². The van der Waals surface area contributed by atoms with Crippen molar-refractivity contribution < 1.29 is 8.42 Å². The molecule has 0 bridgehead atoms. The molecule has 0 aromatic heterocycles. The van der Waals surface area contributed by atoms with Crippen molar-refractivity contribution in [3.8, 4) is 0 Å². The van der Waals surface area contributed by atoms with Gasteiger partial charge in [0, 0.05) is 15.6 Å². The average molecular weight is 330 g/mol. The summed E-state index contributed by atoms with van der Waals surface area (Å²) in [6, 6.07) is 12.0. The second kappa shape index (κ2) is 5.91. The molecule has 2 rings (SSSR count). The maximum atomic E-state index is 12.5. The zero-order valence-corrected chi connectivity index (χ0v) is 12.4. The summed E-state index contributed by atoms with van der Waals surface area (Å²) in [5, 5.41) is 1.22. The van der Waals surface area contributed by atoms with Crippen molar-refractivity contribution in [1.82, 2.24) is 0 Å². The minimum absolute atomic E-state index is 0.00492. The number of hydrogen-bond donors (Lipinski definition) is 0. The van der Waals surface area contributed by atoms with Gasteiger partial charge in [0.1, 0.15) is 0 Å². The molecular weight excluding hydrogens is 321 g/mol. The van der Waals surface area contributed by atoms with E-state index in [2.05, 4.69) is 5.18 Å². The zero-order chi connectivity index (χ0) is 14.8. The minimum Gasteiger partial charge on any atom is -0.221 e. The third-order valence-electron chi connectivity index (χ3n) is 2.71. The van der Waals surface area contributed by atoms with E-state index in [9.17, 15) is 13.3 Å². The Bertz CT molecular complexity index is 712. The topological polar surface area (TPSA) is 63.6 Å². The fourth-order valence-electron chi connectivity index (χ4n) is 1.75. The summed E-state index contributed by atoms with van der Waals surface area (Å²) in [6.07, 6.45) is 0. The number of nitroso groups, excluding NO2 is 1. The molecule has 0 aliphatic heterocycles. The molecule has 0 amide bonds. The molecule has 1 atom stereocenters. The monoisotopic (exact) mass is 329 g/mol. The van der Waals surface area contributed by atoms with E-state index in [1.807, 2.05) is 0 Å². The highest BCUT2D eigenvalue weighted by Gasteiger charge is 2.33. The van der Waals surface area contributed by atoms with Gasteiger partial charge in [0.2, 0.25) is 15.2 Å². The summed E-state index contributed by atoms with van der Waals surface area (Å²) in [5.41, 5.74) is -0.00492. The van der Waals surface area contributed by atoms with Gasteiger partial charge < -0.3 is 0 Å². The highest BCUT2D eigenvalue weighted by atomic mass is 35.5. The van der Waals surface area contributed by atoms with Crippen molar-refractivity contribution in [2.24, 2.45) is 5.18 Å². The molecule has 7 heteroatoms. The van der Waals surface area contributed by atoms with Gasteiger partial charge in [0.15, 0.2) is 0 Å². The van der Waals surface area contributed by atoms with E-state index in [1.54, 1.807) is 24.3 Å². The summed E-state index contributed by atoms with van der Waals surface area (Å²) in [5.74, 6) is 0. The molecule has 104 valence electrons. The van der Waals surface area contributed by atoms with Crippen LogP contribution >= 0.6 is 23.2 Å². The van der Waals surface area contributed by atoms with Crippen molar-refractivity contribution >= 4 is 33.0 Å². The fraction of sp³-hybridized carbons (Fsp3) is 0.0769. The lowest BCUT2D eigenvalue weighted by molar-refractivity contribution is 0.583. The SMILES string of the molecule is O=NC(c1c(Cl)cccc1Cl)S(=O)(=O)c1ccccc1. The molecule has 2 aromatic carbocycles. The van der Waals surface area contributed by atoms with Gasteiger partial charge in [0.05, 0.1) is 4.90 Å². The Balaban J connectivity index is 2.62. The highest BCUT2D eigenvalue weighted by Crippen LogP contribution is 2.38. The van der Waals surface area contributed by atoms with Crippen LogP contribution in [0, 0.1) is 4.91 Å². The first-order chi connectivity index (χ1) is 9.48. The number of nitrogens with zero attached hydrogens (tertiary/aromatic N) is 1. The maximum absolute atomic E-state index is 12.5. The molecule has 4 nitrogen and oxygen atoms in total. The van der Waals surface area contributed by atoms with E-state index in [0.717, 1.165) is 0 Å². The van der Waals surface area contributed by atoms with Crippen molar-refractivity contribution in [3.63, 3.8) is 0 Å². The van der Waals surface area contributed by atoms with Crippen LogP contribution in [0.2, 0.25) is 10.0 Å². The fourth-order valence-corrected chi connectivity index (χ4v) is 3.96. The van der Waals surface area contributed by atoms with Gasteiger partial charge in [-0.25, -0.2) is 8.42 Å². The molecule has 0 fully saturated rings. The Morgan fingerprint density at radius 3 is 1.95 bits per heavy atom. The maximum Gasteiger partial charge on any atom is 0.225 e. The molecule has 0 saturated carbocycles. The first kappa shape index (κ1) is 15.0. The van der Waals surface area contributed by atoms with Crippen molar-refractivity contribution in [2.45, 2.75) is 10.3 Å². The molecule has 0 heterocycles. The summed E-state index contributed by atoms with van der Waals surface area (Å²) >= 11 is 11.9. The number of rotatable bonds is 4. The van der Waals surface area contributed by atoms with Crippen LogP contribution in [0.25, 0.3) is 0 Å². The van der Waals surface area contributed by atoms with Crippen LogP contribution in [0.3, 0.4) is 0 Å². The Labute approximate surface area is 126 Å². The van der Waals surface area contributed by atoms with E-state index < -0.39 is 15.2 Å². The van der Waals surface area contributed by atoms with Crippen LogP contribution in [0.15, 0.2) is 58.6 Å². The minimum atomic E-state index is -4.00. The molecular formula is C13H9Cl2NO3S. The second-order valence-corrected chi connectivity index (χ2v) is 6.77. The number of hydrogen-bond acceptors (Lipinski definition) is 4. The molecule has 0 aliphatic carbocycles. The lowest BCUT2D eigenvalue weighted by Gasteiger charge is -2.14. The largest absolute Gasteiger partial charge is 0.225 e. The van der Waals surface area contributed by atoms with Gasteiger partial charge >= 0.3 is 0 Å². The van der Waals surface area contributed by atoms with Crippen molar-refractivity contribution in [1.29, 1.82) is 0 Å². The predicted octanol–water partition coefficient (Wildman–Crippen LogP) is 4.23. The van der Waals surface area contributed by atoms with Crippen LogP contribution in [-0.4, -0.2) is 8.42 Å². The smallest absolute Gasteiger partial charge is 0.221 e. The number of halogens is 2. The zero-order valence-electron chi connectivity index (χ0n) is 10.0. The predicted molar refractivity (Wildman–Crippen MR) is 78.6 cm³/mol. The summed E-state index contributed by atoms with van der Waals surface area (Å²) < 4.78 is 24.9. The Morgan fingerprint density at radius 2 is 1.45 bits per heavy atom. The summed E-state index contributed by atoms with van der Waals surface area (Å²) in [7, 11) is -4.00. The van der Waals surface area contributed by atoms with E-state index in [1.165, 1.54) is 24.3 Å². The van der Waals surface area contributed by atoms with Crippen LogP contribution in [0.1, 0.15) is 10.9 Å². The molecule has 0 radical (unpaired) electrons. The molecule has 0 saturated heterocycles. The quantitative estimate of drug-likeness (QED) is 0.788. The Morgan fingerprint density at radius 1 is 0.900 bits per heavy atom. The molecule has 20 heavy (non-hydrogen) atoms. The third kappa shape index (κ3) is 2.70. The Kier molecular flexibility index (Phi) is 4.42. The Hall–Kier alpha value is -1.43. The third-order valence-corrected chi connectivity index (χ3v) is 5.21. The van der Waals surface area contributed by atoms with Crippen LogP contribution in [0.4, 0.5) is 0 Å². The number of benzene rings is 2. The first-order valence-electron chi connectivity index (χ1n) is 5.54. The van der Waals surface area contributed by atoms with E-state index >= 15 is 0 Å².